The first kappa shape index (κ1) is 14.3. The van der Waals surface area contributed by atoms with Gasteiger partial charge in [-0.15, -0.1) is 0 Å². The van der Waals surface area contributed by atoms with E-state index in [-0.39, 0.29) is 25.7 Å². The van der Waals surface area contributed by atoms with Crippen LogP contribution in [0, 0.1) is 0 Å². The Balaban J connectivity index is 3.69. The lowest BCUT2D eigenvalue weighted by Crippen LogP contribution is -2.52. The number of aliphatic hydroxyl groups is 2. The third kappa shape index (κ3) is 6.40. The van der Waals surface area contributed by atoms with Gasteiger partial charge < -0.3 is 20.3 Å². The third-order valence-corrected chi connectivity index (χ3v) is 2.00. The zero-order valence-electron chi connectivity index (χ0n) is 9.25. The van der Waals surface area contributed by atoms with Crippen LogP contribution in [-0.4, -0.2) is 61.7 Å². The number of rotatable bonds is 8. The van der Waals surface area contributed by atoms with Gasteiger partial charge in [0.05, 0.1) is 31.9 Å². The highest BCUT2D eigenvalue weighted by molar-refractivity contribution is 5.78. The van der Waals surface area contributed by atoms with Crippen LogP contribution >= 0.6 is 0 Å². The van der Waals surface area contributed by atoms with Crippen molar-refractivity contribution in [2.45, 2.75) is 12.5 Å². The molecule has 0 atom stereocenters. The lowest BCUT2D eigenvalue weighted by molar-refractivity contribution is -0.120. The Kier molecular flexibility index (Phi) is 7.23. The average molecular weight is 220 g/mol. The molecule has 1 amide bonds. The SMILES string of the molecule is COCCNC(=O)CNC(C)(CO)CO. The molecule has 0 unspecified atom stereocenters. The highest BCUT2D eigenvalue weighted by Crippen LogP contribution is 1.98. The number of methoxy groups -OCH3 is 1. The van der Waals surface area contributed by atoms with Gasteiger partial charge in [-0.2, -0.15) is 0 Å². The Morgan fingerprint density at radius 3 is 2.47 bits per heavy atom. The number of nitrogens with one attached hydrogen (secondary N) is 2. The lowest BCUT2D eigenvalue weighted by Gasteiger charge is -2.25. The Morgan fingerprint density at radius 2 is 2.00 bits per heavy atom. The van der Waals surface area contributed by atoms with Gasteiger partial charge in [-0.1, -0.05) is 0 Å². The van der Waals surface area contributed by atoms with Gasteiger partial charge >= 0.3 is 0 Å². The fourth-order valence-corrected chi connectivity index (χ4v) is 0.810. The number of ether oxygens (including phenoxy) is 1. The van der Waals surface area contributed by atoms with Crippen molar-refractivity contribution in [3.63, 3.8) is 0 Å². The first-order chi connectivity index (χ1) is 7.08. The minimum atomic E-state index is -0.821. The van der Waals surface area contributed by atoms with Gasteiger partial charge in [0.15, 0.2) is 0 Å². The van der Waals surface area contributed by atoms with Crippen LogP contribution in [0.2, 0.25) is 0 Å². The largest absolute Gasteiger partial charge is 0.394 e. The Bertz CT molecular complexity index is 183. The summed E-state index contributed by atoms with van der Waals surface area (Å²) in [7, 11) is 1.55. The molecule has 0 aliphatic heterocycles. The van der Waals surface area contributed by atoms with E-state index in [9.17, 15) is 4.79 Å². The third-order valence-electron chi connectivity index (χ3n) is 2.00. The average Bonchev–Trinajstić information content (AvgIpc) is 2.26. The van der Waals surface area contributed by atoms with Gasteiger partial charge in [-0.3, -0.25) is 10.1 Å². The zero-order chi connectivity index (χ0) is 11.7. The molecule has 6 nitrogen and oxygen atoms in total. The molecule has 15 heavy (non-hydrogen) atoms. The van der Waals surface area contributed by atoms with E-state index in [0.717, 1.165) is 0 Å². The zero-order valence-corrected chi connectivity index (χ0v) is 9.25. The minimum Gasteiger partial charge on any atom is -0.394 e. The highest BCUT2D eigenvalue weighted by atomic mass is 16.5. The monoisotopic (exact) mass is 220 g/mol. The normalized spacial score (nSPS) is 11.5. The van der Waals surface area contributed by atoms with Crippen LogP contribution in [0.4, 0.5) is 0 Å². The van der Waals surface area contributed by atoms with Crippen molar-refractivity contribution in [2.24, 2.45) is 0 Å². The summed E-state index contributed by atoms with van der Waals surface area (Å²) in [5, 5.41) is 23.3. The molecular weight excluding hydrogens is 200 g/mol. The standard InChI is InChI=1S/C9H20N2O4/c1-9(6-12,7-13)11-5-8(14)10-3-4-15-2/h11-13H,3-7H2,1-2H3,(H,10,14). The molecule has 0 saturated carbocycles. The molecule has 0 saturated heterocycles. The summed E-state index contributed by atoms with van der Waals surface area (Å²) in [5.41, 5.74) is -0.821. The molecule has 0 aliphatic carbocycles. The van der Waals surface area contributed by atoms with E-state index in [1.165, 1.54) is 0 Å². The first-order valence-electron chi connectivity index (χ1n) is 4.80. The molecule has 0 aromatic rings. The summed E-state index contributed by atoms with van der Waals surface area (Å²) in [6.45, 7) is 2.15. The lowest BCUT2D eigenvalue weighted by atomic mass is 10.1. The van der Waals surface area contributed by atoms with E-state index in [4.69, 9.17) is 14.9 Å². The summed E-state index contributed by atoms with van der Waals surface area (Å²) in [6.07, 6.45) is 0. The first-order valence-corrected chi connectivity index (χ1v) is 4.80. The van der Waals surface area contributed by atoms with E-state index in [0.29, 0.717) is 13.2 Å². The van der Waals surface area contributed by atoms with Crippen molar-refractivity contribution in [1.82, 2.24) is 10.6 Å². The Labute approximate surface area is 89.6 Å². The summed E-state index contributed by atoms with van der Waals surface area (Å²) >= 11 is 0. The highest BCUT2D eigenvalue weighted by Gasteiger charge is 2.22. The van der Waals surface area contributed by atoms with Gasteiger partial charge in [0.2, 0.25) is 5.91 Å². The quantitative estimate of drug-likeness (QED) is 0.358. The van der Waals surface area contributed by atoms with Gasteiger partial charge in [0.1, 0.15) is 0 Å². The summed E-state index contributed by atoms with van der Waals surface area (Å²) < 4.78 is 4.76. The van der Waals surface area contributed by atoms with E-state index >= 15 is 0 Å². The second kappa shape index (κ2) is 7.58. The summed E-state index contributed by atoms with van der Waals surface area (Å²) in [6, 6.07) is 0. The minimum absolute atomic E-state index is 0.0569. The number of aliphatic hydroxyl groups excluding tert-OH is 2. The van der Waals surface area contributed by atoms with E-state index in [2.05, 4.69) is 10.6 Å². The molecule has 0 aliphatic rings. The predicted molar refractivity (Wildman–Crippen MR) is 55.5 cm³/mol. The molecule has 4 N–H and O–H groups in total. The number of carbonyl (C=O) groups is 1. The van der Waals surface area contributed by atoms with Crippen LogP contribution in [0.15, 0.2) is 0 Å². The fraction of sp³-hybridized carbons (Fsp3) is 0.889. The molecule has 0 bridgehead atoms. The van der Waals surface area contributed by atoms with Crippen molar-refractivity contribution >= 4 is 5.91 Å². The van der Waals surface area contributed by atoms with Gasteiger partial charge in [0.25, 0.3) is 0 Å². The van der Waals surface area contributed by atoms with Crippen LogP contribution in [0.25, 0.3) is 0 Å². The number of hydrogen-bond acceptors (Lipinski definition) is 5. The van der Waals surface area contributed by atoms with Crippen LogP contribution in [0.1, 0.15) is 6.92 Å². The van der Waals surface area contributed by atoms with Gasteiger partial charge in [0, 0.05) is 13.7 Å². The van der Waals surface area contributed by atoms with Gasteiger partial charge in [-0.25, -0.2) is 0 Å². The number of amides is 1. The fourth-order valence-electron chi connectivity index (χ4n) is 0.810. The maximum atomic E-state index is 11.2. The summed E-state index contributed by atoms with van der Waals surface area (Å²) in [5.74, 6) is -0.194. The summed E-state index contributed by atoms with van der Waals surface area (Å²) in [4.78, 5) is 11.2. The molecule has 6 heteroatoms. The van der Waals surface area contributed by atoms with Crippen LogP contribution in [0.5, 0.6) is 0 Å². The molecule has 0 spiro atoms. The molecule has 0 radical (unpaired) electrons. The molecule has 0 aromatic heterocycles. The van der Waals surface area contributed by atoms with E-state index in [1.807, 2.05) is 0 Å². The molecule has 0 rings (SSSR count). The number of carbonyl (C=O) groups excluding carboxylic acids is 1. The van der Waals surface area contributed by atoms with E-state index < -0.39 is 5.54 Å². The van der Waals surface area contributed by atoms with Crippen LogP contribution in [-0.2, 0) is 9.53 Å². The molecular formula is C9H20N2O4. The van der Waals surface area contributed by atoms with E-state index in [1.54, 1.807) is 14.0 Å². The topological polar surface area (TPSA) is 90.8 Å². The molecule has 0 heterocycles. The maximum Gasteiger partial charge on any atom is 0.234 e. The Morgan fingerprint density at radius 1 is 1.40 bits per heavy atom. The van der Waals surface area contributed by atoms with Crippen molar-refractivity contribution in [3.05, 3.63) is 0 Å². The van der Waals surface area contributed by atoms with Crippen molar-refractivity contribution in [1.29, 1.82) is 0 Å². The Hall–Kier alpha value is -0.690. The second-order valence-corrected chi connectivity index (χ2v) is 3.57. The molecule has 90 valence electrons. The number of hydrogen-bond donors (Lipinski definition) is 4. The van der Waals surface area contributed by atoms with Crippen LogP contribution < -0.4 is 10.6 Å². The molecule has 0 fully saturated rings. The van der Waals surface area contributed by atoms with Crippen molar-refractivity contribution in [2.75, 3.05) is 40.0 Å². The second-order valence-electron chi connectivity index (χ2n) is 3.57. The predicted octanol–water partition coefficient (Wildman–Crippen LogP) is -1.92. The maximum absolute atomic E-state index is 11.2. The smallest absolute Gasteiger partial charge is 0.234 e. The van der Waals surface area contributed by atoms with Gasteiger partial charge in [-0.05, 0) is 6.92 Å². The molecule has 0 aromatic carbocycles. The van der Waals surface area contributed by atoms with Crippen LogP contribution in [0.3, 0.4) is 0 Å². The van der Waals surface area contributed by atoms with Crippen molar-refractivity contribution < 1.29 is 19.7 Å². The van der Waals surface area contributed by atoms with Crippen molar-refractivity contribution in [3.8, 4) is 0 Å².